The minimum atomic E-state index is -0.0481. The summed E-state index contributed by atoms with van der Waals surface area (Å²) >= 11 is 1.72. The van der Waals surface area contributed by atoms with Crippen LogP contribution in [0.15, 0.2) is 48.1 Å². The van der Waals surface area contributed by atoms with Gasteiger partial charge in [-0.3, -0.25) is 0 Å². The highest BCUT2D eigenvalue weighted by Gasteiger charge is 2.40. The predicted molar refractivity (Wildman–Crippen MR) is 113 cm³/mol. The van der Waals surface area contributed by atoms with Gasteiger partial charge in [0.2, 0.25) is 0 Å². The molecule has 0 atom stereocenters. The normalized spacial score (nSPS) is 16.1. The lowest BCUT2D eigenvalue weighted by Gasteiger charge is -2.42. The maximum absolute atomic E-state index is 9.00. The molecule has 3 heterocycles. The van der Waals surface area contributed by atoms with E-state index in [1.807, 2.05) is 6.07 Å². The Hall–Kier alpha value is -2.51. The summed E-state index contributed by atoms with van der Waals surface area (Å²) in [6, 6.07) is 12.7. The molecular weight excluding hydrogens is 370 g/mol. The molecule has 2 N–H and O–H groups in total. The number of anilines is 2. The van der Waals surface area contributed by atoms with Crippen molar-refractivity contribution in [3.63, 3.8) is 0 Å². The molecule has 0 unspecified atom stereocenters. The van der Waals surface area contributed by atoms with Crippen LogP contribution in [0.4, 0.5) is 11.6 Å². The van der Waals surface area contributed by atoms with Crippen LogP contribution in [-0.4, -0.2) is 46.3 Å². The van der Waals surface area contributed by atoms with Crippen LogP contribution in [0.1, 0.15) is 29.1 Å². The number of nitrogens with one attached hydrogen (secondary N) is 1. The van der Waals surface area contributed by atoms with Crippen LogP contribution < -0.4 is 10.2 Å². The van der Waals surface area contributed by atoms with Crippen LogP contribution in [0.25, 0.3) is 0 Å². The number of aliphatic hydroxyl groups excluding tert-OH is 1. The molecule has 4 rings (SSSR count). The molecule has 0 radical (unpaired) electrons. The summed E-state index contributed by atoms with van der Waals surface area (Å²) in [4.78, 5) is 15.9. The van der Waals surface area contributed by atoms with E-state index in [-0.39, 0.29) is 12.0 Å². The number of aliphatic hydroxyl groups is 1. The fraction of sp³-hybridized carbons (Fsp3) is 0.381. The van der Waals surface area contributed by atoms with E-state index in [9.17, 15) is 0 Å². The SMILES string of the molecule is Cc1nc(C2(c3ccccc3)CCN(c3cc(NCCO)ncn3)CC2)cs1. The van der Waals surface area contributed by atoms with Crippen molar-refractivity contribution in [2.75, 3.05) is 36.5 Å². The molecule has 2 aromatic heterocycles. The van der Waals surface area contributed by atoms with Gasteiger partial charge in [0, 0.05) is 36.5 Å². The molecule has 1 aliphatic rings. The van der Waals surface area contributed by atoms with Crippen molar-refractivity contribution in [2.45, 2.75) is 25.2 Å². The van der Waals surface area contributed by atoms with Crippen molar-refractivity contribution >= 4 is 23.0 Å². The third-order valence-electron chi connectivity index (χ3n) is 5.45. The Morgan fingerprint density at radius 2 is 1.96 bits per heavy atom. The largest absolute Gasteiger partial charge is 0.395 e. The van der Waals surface area contributed by atoms with Gasteiger partial charge in [0.25, 0.3) is 0 Å². The molecule has 1 aromatic carbocycles. The van der Waals surface area contributed by atoms with Crippen molar-refractivity contribution < 1.29 is 5.11 Å². The Balaban J connectivity index is 1.58. The van der Waals surface area contributed by atoms with Gasteiger partial charge in [-0.25, -0.2) is 15.0 Å². The highest BCUT2D eigenvalue weighted by atomic mass is 32.1. The topological polar surface area (TPSA) is 74.2 Å². The Morgan fingerprint density at radius 3 is 2.64 bits per heavy atom. The summed E-state index contributed by atoms with van der Waals surface area (Å²) in [6.45, 7) is 4.44. The zero-order valence-electron chi connectivity index (χ0n) is 16.0. The standard InChI is InChI=1S/C21H25N5OS/c1-16-25-18(14-28-16)21(17-5-3-2-4-6-17)7-10-26(11-8-21)20-13-19(22-9-12-27)23-15-24-20/h2-6,13-15,27H,7-12H2,1H3,(H,22,23,24). The third kappa shape index (κ3) is 3.72. The van der Waals surface area contributed by atoms with Gasteiger partial charge >= 0.3 is 0 Å². The van der Waals surface area contributed by atoms with Crippen LogP contribution in [0.5, 0.6) is 0 Å². The molecule has 0 aliphatic carbocycles. The number of thiazole rings is 1. The number of aromatic nitrogens is 3. The van der Waals surface area contributed by atoms with Gasteiger partial charge in [-0.2, -0.15) is 0 Å². The summed E-state index contributed by atoms with van der Waals surface area (Å²) < 4.78 is 0. The Morgan fingerprint density at radius 1 is 1.18 bits per heavy atom. The van der Waals surface area contributed by atoms with Gasteiger partial charge in [0.05, 0.1) is 17.3 Å². The second kappa shape index (κ2) is 8.24. The molecule has 0 spiro atoms. The lowest BCUT2D eigenvalue weighted by molar-refractivity contribution is 0.311. The average Bonchev–Trinajstić information content (AvgIpc) is 3.20. The van der Waals surface area contributed by atoms with Crippen LogP contribution in [0.2, 0.25) is 0 Å². The monoisotopic (exact) mass is 395 g/mol. The van der Waals surface area contributed by atoms with Gasteiger partial charge in [0.1, 0.15) is 18.0 Å². The van der Waals surface area contributed by atoms with Gasteiger partial charge in [-0.1, -0.05) is 30.3 Å². The van der Waals surface area contributed by atoms with Gasteiger partial charge in [0.15, 0.2) is 0 Å². The first kappa shape index (κ1) is 18.8. The molecule has 1 fully saturated rings. The number of hydrogen-bond acceptors (Lipinski definition) is 7. The van der Waals surface area contributed by atoms with Gasteiger partial charge in [-0.05, 0) is 25.3 Å². The lowest BCUT2D eigenvalue weighted by Crippen LogP contribution is -2.44. The van der Waals surface area contributed by atoms with E-state index in [1.165, 1.54) is 11.3 Å². The van der Waals surface area contributed by atoms with Crippen molar-refractivity contribution in [1.29, 1.82) is 0 Å². The van der Waals surface area contributed by atoms with Crippen LogP contribution in [0.3, 0.4) is 0 Å². The first-order valence-electron chi connectivity index (χ1n) is 9.61. The average molecular weight is 396 g/mol. The van der Waals surface area contributed by atoms with Crippen molar-refractivity contribution in [2.24, 2.45) is 0 Å². The van der Waals surface area contributed by atoms with E-state index in [4.69, 9.17) is 10.1 Å². The van der Waals surface area contributed by atoms with Crippen LogP contribution >= 0.6 is 11.3 Å². The predicted octanol–water partition coefficient (Wildman–Crippen LogP) is 3.23. The maximum Gasteiger partial charge on any atom is 0.134 e. The van der Waals surface area contributed by atoms with Crippen molar-refractivity contribution in [1.82, 2.24) is 15.0 Å². The van der Waals surface area contributed by atoms with Crippen LogP contribution in [-0.2, 0) is 5.41 Å². The lowest BCUT2D eigenvalue weighted by atomic mass is 9.70. The third-order valence-corrected chi connectivity index (χ3v) is 6.22. The summed E-state index contributed by atoms with van der Waals surface area (Å²) in [6.07, 6.45) is 3.56. The molecule has 1 aliphatic heterocycles. The van der Waals surface area contributed by atoms with Gasteiger partial charge < -0.3 is 15.3 Å². The number of rotatable bonds is 6. The fourth-order valence-electron chi connectivity index (χ4n) is 3.95. The van der Waals surface area contributed by atoms with Crippen molar-refractivity contribution in [3.8, 4) is 0 Å². The first-order valence-corrected chi connectivity index (χ1v) is 10.5. The summed E-state index contributed by atoms with van der Waals surface area (Å²) in [5, 5.41) is 15.4. The number of aryl methyl sites for hydroxylation is 1. The highest BCUT2D eigenvalue weighted by Crippen LogP contribution is 2.42. The molecule has 1 saturated heterocycles. The van der Waals surface area contributed by atoms with E-state index in [1.54, 1.807) is 17.7 Å². The first-order chi connectivity index (χ1) is 13.7. The van der Waals surface area contributed by atoms with Crippen LogP contribution in [0, 0.1) is 6.92 Å². The molecule has 0 amide bonds. The smallest absolute Gasteiger partial charge is 0.134 e. The summed E-state index contributed by atoms with van der Waals surface area (Å²) in [7, 11) is 0. The molecular formula is C21H25N5OS. The molecule has 6 nitrogen and oxygen atoms in total. The Kier molecular flexibility index (Phi) is 5.54. The van der Waals surface area contributed by atoms with Gasteiger partial charge in [-0.15, -0.1) is 11.3 Å². The Bertz CT molecular complexity index is 906. The number of hydrogen-bond donors (Lipinski definition) is 2. The van der Waals surface area contributed by atoms with E-state index in [0.29, 0.717) is 6.54 Å². The molecule has 28 heavy (non-hydrogen) atoms. The molecule has 7 heteroatoms. The van der Waals surface area contributed by atoms with E-state index < -0.39 is 0 Å². The Labute approximate surface area is 169 Å². The van der Waals surface area contributed by atoms with E-state index in [2.05, 4.69) is 62.8 Å². The van der Waals surface area contributed by atoms with Crippen molar-refractivity contribution in [3.05, 3.63) is 64.4 Å². The number of nitrogens with zero attached hydrogens (tertiary/aromatic N) is 4. The molecule has 0 saturated carbocycles. The summed E-state index contributed by atoms with van der Waals surface area (Å²) in [5.74, 6) is 1.67. The number of piperidine rings is 1. The summed E-state index contributed by atoms with van der Waals surface area (Å²) in [5.41, 5.74) is 2.48. The minimum Gasteiger partial charge on any atom is -0.395 e. The zero-order valence-corrected chi connectivity index (χ0v) is 16.8. The van der Waals surface area contributed by atoms with E-state index >= 15 is 0 Å². The molecule has 146 valence electrons. The highest BCUT2D eigenvalue weighted by molar-refractivity contribution is 7.09. The second-order valence-corrected chi connectivity index (χ2v) is 8.16. The molecule has 3 aromatic rings. The molecule has 0 bridgehead atoms. The van der Waals surface area contributed by atoms with E-state index in [0.717, 1.165) is 42.6 Å². The minimum absolute atomic E-state index is 0.0481. The number of benzene rings is 1. The maximum atomic E-state index is 9.00. The fourth-order valence-corrected chi connectivity index (χ4v) is 4.66. The quantitative estimate of drug-likeness (QED) is 0.668. The zero-order chi connectivity index (χ0) is 19.4. The second-order valence-electron chi connectivity index (χ2n) is 7.10.